The zero-order valence-corrected chi connectivity index (χ0v) is 10.8. The van der Waals surface area contributed by atoms with E-state index in [-0.39, 0.29) is 5.56 Å². The number of nitrogens with one attached hydrogen (secondary N) is 3. The van der Waals surface area contributed by atoms with Gasteiger partial charge in [0.05, 0.1) is 17.4 Å². The molecule has 2 aromatic heterocycles. The van der Waals surface area contributed by atoms with Crippen molar-refractivity contribution in [2.75, 3.05) is 0 Å². The number of aryl methyl sites for hydroxylation is 1. The predicted molar refractivity (Wildman–Crippen MR) is 70.0 cm³/mol. The van der Waals surface area contributed by atoms with Crippen molar-refractivity contribution >= 4 is 24.0 Å². The number of hydrogen-bond acceptors (Lipinski definition) is 4. The Morgan fingerprint density at radius 2 is 1.89 bits per heavy atom. The fourth-order valence-corrected chi connectivity index (χ4v) is 1.70. The maximum absolute atomic E-state index is 11.8. The summed E-state index contributed by atoms with van der Waals surface area (Å²) in [5.74, 6) is -0.467. The molecule has 0 spiro atoms. The van der Waals surface area contributed by atoms with Crippen LogP contribution in [0.4, 0.5) is 0 Å². The predicted octanol–water partition coefficient (Wildman–Crippen LogP) is 1.72. The molecule has 0 saturated heterocycles. The Hall–Kier alpha value is -2.41. The minimum Gasteiger partial charge on any atom is -0.469 e. The van der Waals surface area contributed by atoms with E-state index in [1.54, 1.807) is 25.3 Å². The van der Waals surface area contributed by atoms with E-state index >= 15 is 0 Å². The largest absolute Gasteiger partial charge is 0.469 e. The van der Waals surface area contributed by atoms with Gasteiger partial charge in [-0.15, -0.1) is 0 Å². The van der Waals surface area contributed by atoms with E-state index < -0.39 is 11.8 Å². The molecule has 0 fully saturated rings. The first-order valence-electron chi connectivity index (χ1n) is 5.42. The van der Waals surface area contributed by atoms with Gasteiger partial charge in [-0.2, -0.15) is 0 Å². The lowest BCUT2D eigenvalue weighted by atomic mass is 10.2. The smallest absolute Gasteiger partial charge is 0.273 e. The van der Waals surface area contributed by atoms with Crippen LogP contribution in [0.2, 0.25) is 0 Å². The van der Waals surface area contributed by atoms with E-state index in [0.29, 0.717) is 16.0 Å². The molecule has 0 unspecified atom stereocenters. The normalized spacial score (nSPS) is 9.95. The van der Waals surface area contributed by atoms with Gasteiger partial charge in [-0.1, -0.05) is 12.2 Å². The average molecular weight is 277 g/mol. The quantitative estimate of drug-likeness (QED) is 0.576. The van der Waals surface area contributed by atoms with E-state index in [1.165, 1.54) is 12.3 Å². The number of H-pyrrole nitrogens is 1. The van der Waals surface area contributed by atoms with Crippen LogP contribution in [-0.4, -0.2) is 16.8 Å². The van der Waals surface area contributed by atoms with Crippen LogP contribution in [0.25, 0.3) is 0 Å². The Kier molecular flexibility index (Phi) is 3.76. The topological polar surface area (TPSA) is 87.1 Å². The lowest BCUT2D eigenvalue weighted by molar-refractivity contribution is 0.0845. The minimum atomic E-state index is -0.489. The number of rotatable bonds is 2. The molecule has 0 radical (unpaired) electrons. The van der Waals surface area contributed by atoms with Crippen LogP contribution in [-0.2, 0) is 0 Å². The Bertz CT molecular complexity index is 675. The summed E-state index contributed by atoms with van der Waals surface area (Å²) in [5, 5.41) is 0. The fourth-order valence-electron chi connectivity index (χ4n) is 1.47. The van der Waals surface area contributed by atoms with Gasteiger partial charge in [0.2, 0.25) is 0 Å². The van der Waals surface area contributed by atoms with Crippen molar-refractivity contribution in [3.63, 3.8) is 0 Å². The van der Waals surface area contributed by atoms with Crippen LogP contribution >= 0.6 is 12.2 Å². The molecule has 98 valence electrons. The summed E-state index contributed by atoms with van der Waals surface area (Å²) in [6.07, 6.45) is 3.02. The molecule has 0 bridgehead atoms. The molecule has 6 nitrogen and oxygen atoms in total. The summed E-state index contributed by atoms with van der Waals surface area (Å²) < 4.78 is 5.30. The van der Waals surface area contributed by atoms with Crippen LogP contribution in [0.1, 0.15) is 26.5 Å². The number of furan rings is 1. The molecule has 2 heterocycles. The van der Waals surface area contributed by atoms with Gasteiger partial charge in [-0.05, 0) is 25.1 Å². The van der Waals surface area contributed by atoms with Gasteiger partial charge in [0.15, 0.2) is 0 Å². The average Bonchev–Trinajstić information content (AvgIpc) is 2.82. The lowest BCUT2D eigenvalue weighted by Gasteiger charge is -2.06. The molecule has 2 aromatic rings. The highest BCUT2D eigenvalue weighted by molar-refractivity contribution is 7.71. The number of hydrogen-bond donors (Lipinski definition) is 3. The van der Waals surface area contributed by atoms with Gasteiger partial charge in [-0.3, -0.25) is 20.4 Å². The van der Waals surface area contributed by atoms with E-state index in [0.717, 1.165) is 0 Å². The fraction of sp³-hybridized carbons (Fsp3) is 0.0833. The number of amides is 2. The molecule has 0 aliphatic rings. The molecule has 0 aliphatic heterocycles. The van der Waals surface area contributed by atoms with Gasteiger partial charge in [0.1, 0.15) is 10.4 Å². The molecule has 0 atom stereocenters. The van der Waals surface area contributed by atoms with E-state index in [1.807, 2.05) is 0 Å². The number of carbonyl (C=O) groups excluding carboxylic acids is 2. The van der Waals surface area contributed by atoms with Crippen molar-refractivity contribution in [1.82, 2.24) is 15.8 Å². The standard InChI is InChI=1S/C12H11N3O3S/c1-7-8(4-6-18-7)10(16)14-15-11(17)9-3-2-5-13-12(9)19/h2-6H,1H3,(H,13,19)(H,14,16)(H,15,17). The molecule has 2 amide bonds. The second-order valence-corrected chi connectivity index (χ2v) is 4.12. The third-order valence-electron chi connectivity index (χ3n) is 2.46. The molecule has 7 heteroatoms. The summed E-state index contributed by atoms with van der Waals surface area (Å²) in [4.78, 5) is 26.2. The molecule has 0 aliphatic carbocycles. The zero-order valence-electron chi connectivity index (χ0n) is 10.0. The SMILES string of the molecule is Cc1occc1C(=O)NNC(=O)c1ccc[nH]c1=S. The maximum Gasteiger partial charge on any atom is 0.273 e. The first kappa shape index (κ1) is 13.0. The maximum atomic E-state index is 11.8. The van der Waals surface area contributed by atoms with Crippen molar-refractivity contribution in [3.8, 4) is 0 Å². The molecular weight excluding hydrogens is 266 g/mol. The Morgan fingerprint density at radius 1 is 1.21 bits per heavy atom. The number of pyridine rings is 1. The van der Waals surface area contributed by atoms with Crippen LogP contribution in [0.3, 0.4) is 0 Å². The van der Waals surface area contributed by atoms with Crippen molar-refractivity contribution in [1.29, 1.82) is 0 Å². The van der Waals surface area contributed by atoms with Gasteiger partial charge in [0, 0.05) is 6.20 Å². The summed E-state index contributed by atoms with van der Waals surface area (Å²) >= 11 is 4.96. The third-order valence-corrected chi connectivity index (χ3v) is 2.79. The van der Waals surface area contributed by atoms with Gasteiger partial charge in [-0.25, -0.2) is 0 Å². The van der Waals surface area contributed by atoms with Gasteiger partial charge >= 0.3 is 0 Å². The van der Waals surface area contributed by atoms with Crippen LogP contribution in [0, 0.1) is 11.6 Å². The summed E-state index contributed by atoms with van der Waals surface area (Å²) in [6, 6.07) is 4.72. The van der Waals surface area contributed by atoms with Crippen molar-refractivity contribution in [2.45, 2.75) is 6.92 Å². The lowest BCUT2D eigenvalue weighted by Crippen LogP contribution is -2.41. The molecular formula is C12H11N3O3S. The van der Waals surface area contributed by atoms with Gasteiger partial charge < -0.3 is 9.40 Å². The van der Waals surface area contributed by atoms with E-state index in [9.17, 15) is 9.59 Å². The highest BCUT2D eigenvalue weighted by Crippen LogP contribution is 2.07. The molecule has 0 aromatic carbocycles. The number of hydrazine groups is 1. The van der Waals surface area contributed by atoms with Crippen LogP contribution in [0.15, 0.2) is 35.1 Å². The van der Waals surface area contributed by atoms with Crippen LogP contribution in [0.5, 0.6) is 0 Å². The first-order chi connectivity index (χ1) is 9.09. The number of aromatic nitrogens is 1. The molecule has 2 rings (SSSR count). The molecule has 3 N–H and O–H groups in total. The van der Waals surface area contributed by atoms with Crippen molar-refractivity contribution in [3.05, 3.63) is 52.2 Å². The Balaban J connectivity index is 2.02. The van der Waals surface area contributed by atoms with Crippen LogP contribution < -0.4 is 10.9 Å². The molecule has 0 saturated carbocycles. The summed E-state index contributed by atoms with van der Waals surface area (Å²) in [6.45, 7) is 1.66. The summed E-state index contributed by atoms with van der Waals surface area (Å²) in [7, 11) is 0. The summed E-state index contributed by atoms with van der Waals surface area (Å²) in [5.41, 5.74) is 5.22. The van der Waals surface area contributed by atoms with Crippen molar-refractivity contribution in [2.24, 2.45) is 0 Å². The number of carbonyl (C=O) groups is 2. The van der Waals surface area contributed by atoms with Gasteiger partial charge in [0.25, 0.3) is 11.8 Å². The second-order valence-electron chi connectivity index (χ2n) is 3.71. The Morgan fingerprint density at radius 3 is 2.47 bits per heavy atom. The number of aromatic amines is 1. The monoisotopic (exact) mass is 277 g/mol. The van der Waals surface area contributed by atoms with E-state index in [2.05, 4.69) is 15.8 Å². The Labute approximate surface area is 113 Å². The molecule has 19 heavy (non-hydrogen) atoms. The third kappa shape index (κ3) is 2.89. The first-order valence-corrected chi connectivity index (χ1v) is 5.83. The zero-order chi connectivity index (χ0) is 13.8. The van der Waals surface area contributed by atoms with E-state index in [4.69, 9.17) is 16.6 Å². The van der Waals surface area contributed by atoms with Crippen molar-refractivity contribution < 1.29 is 14.0 Å². The second kappa shape index (κ2) is 5.49. The highest BCUT2D eigenvalue weighted by atomic mass is 32.1. The highest BCUT2D eigenvalue weighted by Gasteiger charge is 2.13. The minimum absolute atomic E-state index is 0.279.